The zero-order chi connectivity index (χ0) is 14.8. The van der Waals surface area contributed by atoms with Crippen LogP contribution >= 0.6 is 0 Å². The number of nitrogens with zero attached hydrogens (tertiary/aromatic N) is 1. The van der Waals surface area contributed by atoms with Gasteiger partial charge in [0, 0.05) is 5.39 Å². The SMILES string of the molecule is CCCCCCCCCCOc1cnc2ccccc2c1. The van der Waals surface area contributed by atoms with Gasteiger partial charge in [-0.3, -0.25) is 4.98 Å². The Kier molecular flexibility index (Phi) is 7.06. The minimum atomic E-state index is 0.801. The second-order valence-corrected chi connectivity index (χ2v) is 5.69. The zero-order valence-electron chi connectivity index (χ0n) is 13.2. The second-order valence-electron chi connectivity index (χ2n) is 5.69. The molecule has 0 aliphatic heterocycles. The summed E-state index contributed by atoms with van der Waals surface area (Å²) >= 11 is 0. The average Bonchev–Trinajstić information content (AvgIpc) is 2.53. The fraction of sp³-hybridized carbons (Fsp3) is 0.526. The molecule has 114 valence electrons. The number of pyridine rings is 1. The van der Waals surface area contributed by atoms with Crippen LogP contribution in [0, 0.1) is 0 Å². The number of hydrogen-bond donors (Lipinski definition) is 0. The Morgan fingerprint density at radius 1 is 0.905 bits per heavy atom. The van der Waals surface area contributed by atoms with Crippen LogP contribution in [0.15, 0.2) is 36.5 Å². The zero-order valence-corrected chi connectivity index (χ0v) is 13.2. The summed E-state index contributed by atoms with van der Waals surface area (Å²) in [5, 5.41) is 1.14. The van der Waals surface area contributed by atoms with E-state index in [1.807, 2.05) is 24.4 Å². The number of fused-ring (bicyclic) bond motifs is 1. The van der Waals surface area contributed by atoms with Crippen LogP contribution in [0.25, 0.3) is 10.9 Å². The van der Waals surface area contributed by atoms with Gasteiger partial charge in [0.1, 0.15) is 5.75 Å². The largest absolute Gasteiger partial charge is 0.492 e. The van der Waals surface area contributed by atoms with Crippen LogP contribution in [-0.2, 0) is 0 Å². The van der Waals surface area contributed by atoms with Crippen LogP contribution in [0.2, 0.25) is 0 Å². The molecule has 0 amide bonds. The summed E-state index contributed by atoms with van der Waals surface area (Å²) in [6.45, 7) is 3.06. The van der Waals surface area contributed by atoms with Crippen molar-refractivity contribution in [2.45, 2.75) is 58.3 Å². The van der Waals surface area contributed by atoms with Gasteiger partial charge >= 0.3 is 0 Å². The maximum atomic E-state index is 5.80. The van der Waals surface area contributed by atoms with E-state index >= 15 is 0 Å². The van der Waals surface area contributed by atoms with Crippen LogP contribution in [0.5, 0.6) is 5.75 Å². The molecule has 2 aromatic rings. The number of rotatable bonds is 10. The fourth-order valence-corrected chi connectivity index (χ4v) is 2.56. The van der Waals surface area contributed by atoms with Gasteiger partial charge in [-0.25, -0.2) is 0 Å². The van der Waals surface area contributed by atoms with Gasteiger partial charge in [-0.2, -0.15) is 0 Å². The van der Waals surface area contributed by atoms with Crippen LogP contribution in [-0.4, -0.2) is 11.6 Å². The van der Waals surface area contributed by atoms with Crippen molar-refractivity contribution in [3.63, 3.8) is 0 Å². The van der Waals surface area contributed by atoms with Crippen LogP contribution in [0.1, 0.15) is 58.3 Å². The van der Waals surface area contributed by atoms with Crippen molar-refractivity contribution < 1.29 is 4.74 Å². The fourth-order valence-electron chi connectivity index (χ4n) is 2.56. The van der Waals surface area contributed by atoms with E-state index in [9.17, 15) is 0 Å². The van der Waals surface area contributed by atoms with E-state index in [-0.39, 0.29) is 0 Å². The number of hydrogen-bond acceptors (Lipinski definition) is 2. The van der Waals surface area contributed by atoms with Crippen LogP contribution < -0.4 is 4.74 Å². The quantitative estimate of drug-likeness (QED) is 0.518. The third-order valence-electron chi connectivity index (χ3n) is 3.83. The van der Waals surface area contributed by atoms with Crippen molar-refractivity contribution in [1.29, 1.82) is 0 Å². The Labute approximate surface area is 128 Å². The molecule has 0 radical (unpaired) electrons. The Balaban J connectivity index is 1.59. The minimum Gasteiger partial charge on any atom is -0.492 e. The molecule has 21 heavy (non-hydrogen) atoms. The molecule has 0 atom stereocenters. The Bertz CT molecular complexity index is 524. The number of ether oxygens (including phenoxy) is 1. The van der Waals surface area contributed by atoms with Crippen molar-refractivity contribution in [3.05, 3.63) is 36.5 Å². The lowest BCUT2D eigenvalue weighted by Gasteiger charge is -2.07. The van der Waals surface area contributed by atoms with Gasteiger partial charge in [0.2, 0.25) is 0 Å². The maximum Gasteiger partial charge on any atom is 0.138 e. The Morgan fingerprint density at radius 2 is 1.62 bits per heavy atom. The molecule has 0 aliphatic carbocycles. The highest BCUT2D eigenvalue weighted by molar-refractivity contribution is 5.79. The van der Waals surface area contributed by atoms with E-state index in [2.05, 4.69) is 24.0 Å². The third kappa shape index (κ3) is 5.74. The van der Waals surface area contributed by atoms with Crippen molar-refractivity contribution in [2.75, 3.05) is 6.61 Å². The second kappa shape index (κ2) is 9.38. The maximum absolute atomic E-state index is 5.80. The standard InChI is InChI=1S/C19H27NO/c1-2-3-4-5-6-7-8-11-14-21-18-15-17-12-9-10-13-19(17)20-16-18/h9-10,12-13,15-16H,2-8,11,14H2,1H3. The van der Waals surface area contributed by atoms with Crippen LogP contribution in [0.4, 0.5) is 0 Å². The number of unbranched alkanes of at least 4 members (excludes halogenated alkanes) is 7. The van der Waals surface area contributed by atoms with E-state index in [0.29, 0.717) is 0 Å². The van der Waals surface area contributed by atoms with E-state index in [1.54, 1.807) is 0 Å². The molecule has 0 bridgehead atoms. The lowest BCUT2D eigenvalue weighted by atomic mass is 10.1. The molecule has 0 aliphatic rings. The first-order valence-corrected chi connectivity index (χ1v) is 8.38. The molecular weight excluding hydrogens is 258 g/mol. The first-order valence-electron chi connectivity index (χ1n) is 8.38. The molecule has 1 heterocycles. The Hall–Kier alpha value is -1.57. The van der Waals surface area contributed by atoms with E-state index in [4.69, 9.17) is 4.74 Å². The highest BCUT2D eigenvalue weighted by atomic mass is 16.5. The summed E-state index contributed by atoms with van der Waals surface area (Å²) in [5.74, 6) is 0.886. The summed E-state index contributed by atoms with van der Waals surface area (Å²) < 4.78 is 5.80. The van der Waals surface area contributed by atoms with Gasteiger partial charge < -0.3 is 4.74 Å². The first-order chi connectivity index (χ1) is 10.4. The molecule has 2 heteroatoms. The van der Waals surface area contributed by atoms with Gasteiger partial charge in [-0.15, -0.1) is 0 Å². The molecule has 2 nitrogen and oxygen atoms in total. The summed E-state index contributed by atoms with van der Waals surface area (Å²) in [7, 11) is 0. The molecule has 0 N–H and O–H groups in total. The van der Waals surface area contributed by atoms with Gasteiger partial charge in [-0.05, 0) is 18.6 Å². The molecular formula is C19H27NO. The number of aromatic nitrogens is 1. The topological polar surface area (TPSA) is 22.1 Å². The molecule has 1 aromatic carbocycles. The predicted molar refractivity (Wildman–Crippen MR) is 89.8 cm³/mol. The van der Waals surface area contributed by atoms with Crippen molar-refractivity contribution >= 4 is 10.9 Å². The normalized spacial score (nSPS) is 10.9. The van der Waals surface area contributed by atoms with E-state index < -0.39 is 0 Å². The molecule has 0 saturated carbocycles. The van der Waals surface area contributed by atoms with Crippen molar-refractivity contribution in [3.8, 4) is 5.75 Å². The smallest absolute Gasteiger partial charge is 0.138 e. The highest BCUT2D eigenvalue weighted by Crippen LogP contribution is 2.18. The van der Waals surface area contributed by atoms with Gasteiger partial charge in [0.15, 0.2) is 0 Å². The number of para-hydroxylation sites is 1. The first kappa shape index (κ1) is 15.8. The lowest BCUT2D eigenvalue weighted by Crippen LogP contribution is -1.97. The minimum absolute atomic E-state index is 0.801. The van der Waals surface area contributed by atoms with Gasteiger partial charge in [-0.1, -0.05) is 70.1 Å². The summed E-state index contributed by atoms with van der Waals surface area (Å²) in [4.78, 5) is 4.41. The molecule has 0 saturated heterocycles. The van der Waals surface area contributed by atoms with Gasteiger partial charge in [0.25, 0.3) is 0 Å². The Morgan fingerprint density at radius 3 is 2.43 bits per heavy atom. The highest BCUT2D eigenvalue weighted by Gasteiger charge is 1.98. The molecule has 1 aromatic heterocycles. The summed E-state index contributed by atoms with van der Waals surface area (Å²) in [5.41, 5.74) is 1.02. The molecule has 0 spiro atoms. The summed E-state index contributed by atoms with van der Waals surface area (Å²) in [6, 6.07) is 10.2. The third-order valence-corrected chi connectivity index (χ3v) is 3.83. The number of benzene rings is 1. The predicted octanol–water partition coefficient (Wildman–Crippen LogP) is 5.75. The molecule has 0 fully saturated rings. The van der Waals surface area contributed by atoms with E-state index in [1.165, 1.54) is 44.9 Å². The van der Waals surface area contributed by atoms with Gasteiger partial charge in [0.05, 0.1) is 18.3 Å². The molecule has 2 rings (SSSR count). The van der Waals surface area contributed by atoms with Crippen molar-refractivity contribution in [1.82, 2.24) is 4.98 Å². The van der Waals surface area contributed by atoms with Crippen LogP contribution in [0.3, 0.4) is 0 Å². The monoisotopic (exact) mass is 285 g/mol. The average molecular weight is 285 g/mol. The lowest BCUT2D eigenvalue weighted by molar-refractivity contribution is 0.303. The van der Waals surface area contributed by atoms with Crippen molar-refractivity contribution in [2.24, 2.45) is 0 Å². The summed E-state index contributed by atoms with van der Waals surface area (Å²) in [6.07, 6.45) is 12.5. The van der Waals surface area contributed by atoms with E-state index in [0.717, 1.165) is 29.7 Å². The molecule has 0 unspecified atom stereocenters.